The van der Waals surface area contributed by atoms with Crippen LogP contribution in [0.4, 0.5) is 0 Å². The fraction of sp³-hybridized carbons (Fsp3) is 0.526. The molecule has 0 aliphatic carbocycles. The Labute approximate surface area is 148 Å². The Morgan fingerprint density at radius 2 is 2.28 bits per heavy atom. The van der Waals surface area contributed by atoms with E-state index < -0.39 is 0 Å². The Hall–Kier alpha value is -2.05. The maximum Gasteiger partial charge on any atom is 0.139 e. The first-order valence-corrected chi connectivity index (χ1v) is 8.84. The number of aromatic nitrogens is 2. The van der Waals surface area contributed by atoms with Gasteiger partial charge in [0.2, 0.25) is 0 Å². The van der Waals surface area contributed by atoms with Crippen molar-refractivity contribution in [3.05, 3.63) is 41.5 Å². The van der Waals surface area contributed by atoms with Gasteiger partial charge in [0.25, 0.3) is 0 Å². The van der Waals surface area contributed by atoms with Crippen LogP contribution in [-0.2, 0) is 24.8 Å². The third-order valence-corrected chi connectivity index (χ3v) is 5.04. The molecule has 0 amide bonds. The molecule has 3 atom stereocenters. The number of hydrogen-bond acceptors (Lipinski definition) is 5. The fourth-order valence-electron chi connectivity index (χ4n) is 3.77. The minimum Gasteiger partial charge on any atom is -0.497 e. The molecule has 0 spiro atoms. The van der Waals surface area contributed by atoms with E-state index in [4.69, 9.17) is 14.2 Å². The third-order valence-electron chi connectivity index (χ3n) is 5.04. The Balaban J connectivity index is 1.52. The van der Waals surface area contributed by atoms with Crippen molar-refractivity contribution in [3.8, 4) is 11.5 Å². The summed E-state index contributed by atoms with van der Waals surface area (Å²) < 4.78 is 19.4. The first kappa shape index (κ1) is 16.4. The van der Waals surface area contributed by atoms with Gasteiger partial charge < -0.3 is 24.1 Å². The van der Waals surface area contributed by atoms with E-state index in [0.29, 0.717) is 0 Å². The van der Waals surface area contributed by atoms with Crippen LogP contribution in [0.5, 0.6) is 11.5 Å². The third kappa shape index (κ3) is 3.12. The van der Waals surface area contributed by atoms with Crippen LogP contribution >= 0.6 is 0 Å². The molecule has 2 aliphatic rings. The monoisotopic (exact) mass is 343 g/mol. The topological polar surface area (TPSA) is 57.5 Å². The van der Waals surface area contributed by atoms with E-state index in [0.717, 1.165) is 48.9 Å². The molecule has 2 aliphatic heterocycles. The van der Waals surface area contributed by atoms with Crippen molar-refractivity contribution in [2.24, 2.45) is 7.05 Å². The normalized spacial score (nSPS) is 25.0. The predicted octanol–water partition coefficient (Wildman–Crippen LogP) is 2.37. The molecular formula is C19H25N3O3. The Morgan fingerprint density at radius 3 is 3.04 bits per heavy atom. The molecule has 0 saturated carbocycles. The molecule has 3 heterocycles. The second-order valence-electron chi connectivity index (χ2n) is 6.87. The van der Waals surface area contributed by atoms with Crippen LogP contribution in [0.3, 0.4) is 0 Å². The average Bonchev–Trinajstić information content (AvgIpc) is 3.30. The second-order valence-corrected chi connectivity index (χ2v) is 6.87. The highest BCUT2D eigenvalue weighted by molar-refractivity contribution is 5.49. The summed E-state index contributed by atoms with van der Waals surface area (Å²) in [6.45, 7) is 3.58. The van der Waals surface area contributed by atoms with Gasteiger partial charge in [-0.15, -0.1) is 0 Å². The van der Waals surface area contributed by atoms with E-state index in [-0.39, 0.29) is 18.2 Å². The number of hydrogen-bond donors (Lipinski definition) is 1. The molecule has 1 unspecified atom stereocenters. The first-order chi connectivity index (χ1) is 12.2. The van der Waals surface area contributed by atoms with Crippen LogP contribution in [0.25, 0.3) is 0 Å². The van der Waals surface area contributed by atoms with E-state index in [1.165, 1.54) is 5.56 Å². The number of aryl methyl sites for hydroxylation is 1. The zero-order valence-electron chi connectivity index (χ0n) is 15.0. The lowest BCUT2D eigenvalue weighted by atomic mass is 10.0. The molecule has 0 radical (unpaired) electrons. The number of nitrogens with one attached hydrogen (secondary N) is 1. The molecule has 134 valence electrons. The maximum absolute atomic E-state index is 6.03. The predicted molar refractivity (Wildman–Crippen MR) is 93.9 cm³/mol. The Morgan fingerprint density at radius 1 is 1.40 bits per heavy atom. The lowest BCUT2D eigenvalue weighted by Gasteiger charge is -2.20. The molecule has 1 aromatic carbocycles. The van der Waals surface area contributed by atoms with Crippen molar-refractivity contribution in [2.45, 2.75) is 44.6 Å². The Bertz CT molecular complexity index is 758. The van der Waals surface area contributed by atoms with Crippen LogP contribution in [-0.4, -0.2) is 35.4 Å². The van der Waals surface area contributed by atoms with Crippen LogP contribution < -0.4 is 14.8 Å². The van der Waals surface area contributed by atoms with Gasteiger partial charge in [-0.25, -0.2) is 4.98 Å². The lowest BCUT2D eigenvalue weighted by molar-refractivity contribution is 0.0892. The van der Waals surface area contributed by atoms with Crippen LogP contribution in [0.2, 0.25) is 0 Å². The van der Waals surface area contributed by atoms with Crippen LogP contribution in [0, 0.1) is 0 Å². The number of ether oxygens (including phenoxy) is 3. The van der Waals surface area contributed by atoms with E-state index in [1.807, 2.05) is 24.0 Å². The maximum atomic E-state index is 6.03. The van der Waals surface area contributed by atoms with E-state index in [2.05, 4.69) is 29.4 Å². The van der Waals surface area contributed by atoms with Gasteiger partial charge in [-0.1, -0.05) is 0 Å². The van der Waals surface area contributed by atoms with E-state index in [9.17, 15) is 0 Å². The van der Waals surface area contributed by atoms with Crippen molar-refractivity contribution in [1.82, 2.24) is 14.9 Å². The summed E-state index contributed by atoms with van der Waals surface area (Å²) in [4.78, 5) is 4.45. The van der Waals surface area contributed by atoms with Crippen LogP contribution in [0.1, 0.15) is 36.4 Å². The highest BCUT2D eigenvalue weighted by Crippen LogP contribution is 2.36. The molecule has 6 heteroatoms. The van der Waals surface area contributed by atoms with Gasteiger partial charge in [-0.3, -0.25) is 0 Å². The van der Waals surface area contributed by atoms with Crippen LogP contribution in [0.15, 0.2) is 24.5 Å². The number of benzene rings is 1. The molecule has 1 saturated heterocycles. The summed E-state index contributed by atoms with van der Waals surface area (Å²) in [5.41, 5.74) is 2.37. The highest BCUT2D eigenvalue weighted by atomic mass is 16.5. The lowest BCUT2D eigenvalue weighted by Crippen LogP contribution is -2.32. The molecule has 4 rings (SSSR count). The number of nitrogens with zero attached hydrogens (tertiary/aromatic N) is 2. The van der Waals surface area contributed by atoms with E-state index in [1.54, 1.807) is 7.11 Å². The largest absolute Gasteiger partial charge is 0.497 e. The van der Waals surface area contributed by atoms with Gasteiger partial charge in [-0.05, 0) is 25.5 Å². The fourth-order valence-corrected chi connectivity index (χ4v) is 3.77. The number of imidazole rings is 1. The van der Waals surface area contributed by atoms with Gasteiger partial charge in [0.15, 0.2) is 0 Å². The van der Waals surface area contributed by atoms with Gasteiger partial charge in [-0.2, -0.15) is 0 Å². The second kappa shape index (κ2) is 6.69. The van der Waals surface area contributed by atoms with Gasteiger partial charge >= 0.3 is 0 Å². The molecule has 1 N–H and O–H groups in total. The number of fused-ring (bicyclic) bond motifs is 1. The van der Waals surface area contributed by atoms with Crippen molar-refractivity contribution in [2.75, 3.05) is 13.7 Å². The first-order valence-electron chi connectivity index (χ1n) is 8.84. The van der Waals surface area contributed by atoms with Crippen molar-refractivity contribution in [1.29, 1.82) is 0 Å². The van der Waals surface area contributed by atoms with Crippen molar-refractivity contribution in [3.63, 3.8) is 0 Å². The smallest absolute Gasteiger partial charge is 0.139 e. The SMILES string of the molecule is COc1cc(CN[C@H]2CCO[C@@H]2c2nccn2C)c2c(c1)CC(C)O2. The molecule has 25 heavy (non-hydrogen) atoms. The molecule has 1 aromatic heterocycles. The number of methoxy groups -OCH3 is 1. The minimum absolute atomic E-state index is 0.0153. The van der Waals surface area contributed by atoms with Gasteiger partial charge in [0, 0.05) is 56.2 Å². The molecule has 2 aromatic rings. The average molecular weight is 343 g/mol. The molecule has 6 nitrogen and oxygen atoms in total. The van der Waals surface area contributed by atoms with Crippen molar-refractivity contribution < 1.29 is 14.2 Å². The molecule has 1 fully saturated rings. The zero-order chi connectivity index (χ0) is 17.4. The zero-order valence-corrected chi connectivity index (χ0v) is 15.0. The van der Waals surface area contributed by atoms with Gasteiger partial charge in [0.1, 0.15) is 29.5 Å². The minimum atomic E-state index is -0.0153. The summed E-state index contributed by atoms with van der Waals surface area (Å²) in [7, 11) is 3.71. The summed E-state index contributed by atoms with van der Waals surface area (Å²) in [6.07, 6.45) is 5.88. The summed E-state index contributed by atoms with van der Waals surface area (Å²) >= 11 is 0. The van der Waals surface area contributed by atoms with Crippen molar-refractivity contribution >= 4 is 0 Å². The standard InChI is InChI=1S/C19H25N3O3/c1-12-8-13-9-15(23-3)10-14(17(13)25-12)11-21-16-4-7-24-18(16)19-20-5-6-22(19)2/h5-6,9-10,12,16,18,21H,4,7-8,11H2,1-3H3/t12?,16-,18-/m0/s1. The Kier molecular flexibility index (Phi) is 4.39. The summed E-state index contributed by atoms with van der Waals surface area (Å²) in [6, 6.07) is 4.38. The van der Waals surface area contributed by atoms with E-state index >= 15 is 0 Å². The molecule has 0 bridgehead atoms. The quantitative estimate of drug-likeness (QED) is 0.903. The number of rotatable bonds is 5. The summed E-state index contributed by atoms with van der Waals surface area (Å²) in [5.74, 6) is 2.86. The summed E-state index contributed by atoms with van der Waals surface area (Å²) in [5, 5.41) is 3.65. The molecular weight excluding hydrogens is 318 g/mol. The van der Waals surface area contributed by atoms with Gasteiger partial charge in [0.05, 0.1) is 7.11 Å². The highest BCUT2D eigenvalue weighted by Gasteiger charge is 2.32.